The number of aryl methyl sites for hydroxylation is 1. The van der Waals surface area contributed by atoms with E-state index in [4.69, 9.17) is 13.9 Å². The van der Waals surface area contributed by atoms with E-state index in [9.17, 15) is 26.4 Å². The summed E-state index contributed by atoms with van der Waals surface area (Å²) in [4.78, 5) is 20.6. The number of halogens is 3. The number of nitrogens with zero attached hydrogens (tertiary/aromatic N) is 3. The van der Waals surface area contributed by atoms with Gasteiger partial charge in [0, 0.05) is 64.7 Å². The molecule has 0 aromatic heterocycles. The van der Waals surface area contributed by atoms with Gasteiger partial charge in [0.15, 0.2) is 9.84 Å². The number of carbonyl (C=O) groups excluding carboxylic acids is 1. The van der Waals surface area contributed by atoms with Crippen LogP contribution in [0.3, 0.4) is 0 Å². The monoisotopic (exact) mass is 850 g/mol. The van der Waals surface area contributed by atoms with Crippen LogP contribution in [0.1, 0.15) is 59.5 Å². The molecular weight excluding hydrogens is 796 g/mol. The molecule has 4 aromatic carbocycles. The van der Waals surface area contributed by atoms with Gasteiger partial charge in [0.25, 0.3) is 14.9 Å². The fraction of sp³-hybridized carbons (Fsp3) is 0.444. The van der Waals surface area contributed by atoms with Crippen LogP contribution in [0.15, 0.2) is 102 Å². The van der Waals surface area contributed by atoms with Gasteiger partial charge in [0.05, 0.1) is 41.9 Å². The van der Waals surface area contributed by atoms with Crippen molar-refractivity contribution in [1.29, 1.82) is 0 Å². The second-order valence-corrected chi connectivity index (χ2v) is 20.6. The average Bonchev–Trinajstić information content (AvgIpc) is 3.20. The van der Waals surface area contributed by atoms with Gasteiger partial charge in [-0.05, 0) is 57.6 Å². The summed E-state index contributed by atoms with van der Waals surface area (Å²) >= 11 is 0. The lowest BCUT2D eigenvalue weighted by Crippen LogP contribution is -2.60. The first-order valence-electron chi connectivity index (χ1n) is 20.0. The van der Waals surface area contributed by atoms with Crippen LogP contribution >= 0.6 is 0 Å². The minimum Gasteiger partial charge on any atom is -0.398 e. The summed E-state index contributed by atoms with van der Waals surface area (Å²) in [6.45, 7) is 13.5. The number of sulfone groups is 1. The van der Waals surface area contributed by atoms with E-state index in [1.807, 2.05) is 66.7 Å². The Morgan fingerprint density at radius 3 is 2.07 bits per heavy atom. The minimum absolute atomic E-state index is 0.0341. The van der Waals surface area contributed by atoms with Crippen LogP contribution in [0.25, 0.3) is 0 Å². The van der Waals surface area contributed by atoms with E-state index in [1.165, 1.54) is 0 Å². The number of alkyl halides is 3. The number of benzene rings is 4. The molecule has 2 aliphatic rings. The molecule has 0 aliphatic carbocycles. The van der Waals surface area contributed by atoms with E-state index in [1.54, 1.807) is 12.0 Å². The topological polar surface area (TPSA) is 88.6 Å². The Hall–Kier alpha value is -3.89. The maximum Gasteiger partial charge on any atom is 0.416 e. The number of morpholine rings is 1. The number of carbonyl (C=O) groups is 1. The van der Waals surface area contributed by atoms with Gasteiger partial charge in [0.1, 0.15) is 0 Å². The van der Waals surface area contributed by atoms with Crippen molar-refractivity contribution in [3.8, 4) is 0 Å². The van der Waals surface area contributed by atoms with Crippen LogP contribution in [0.5, 0.6) is 0 Å². The minimum atomic E-state index is -4.88. The Bertz CT molecular complexity index is 2110. The molecule has 317 valence electrons. The highest BCUT2D eigenvalue weighted by Gasteiger charge is 2.41. The van der Waals surface area contributed by atoms with Gasteiger partial charge in [-0.15, -0.1) is 0 Å². The summed E-state index contributed by atoms with van der Waals surface area (Å²) in [5.74, 6) is -0.689. The summed E-state index contributed by atoms with van der Waals surface area (Å²) in [6, 6.07) is 27.9. The smallest absolute Gasteiger partial charge is 0.398 e. The molecule has 9 nitrogen and oxygen atoms in total. The van der Waals surface area contributed by atoms with Crippen LogP contribution in [0.4, 0.5) is 13.2 Å². The third-order valence-corrected chi connectivity index (χ3v) is 14.3. The zero-order chi connectivity index (χ0) is 42.5. The summed E-state index contributed by atoms with van der Waals surface area (Å²) in [5.41, 5.74) is 1.28. The van der Waals surface area contributed by atoms with E-state index in [-0.39, 0.29) is 23.6 Å². The van der Waals surface area contributed by atoms with E-state index < -0.39 is 53.6 Å². The van der Waals surface area contributed by atoms with Gasteiger partial charge >= 0.3 is 6.18 Å². The Kier molecular flexibility index (Phi) is 14.2. The first-order valence-corrected chi connectivity index (χ1v) is 23.3. The molecule has 0 N–H and O–H groups in total. The molecule has 2 saturated heterocycles. The predicted octanol–water partition coefficient (Wildman–Crippen LogP) is 5.75. The zero-order valence-electron chi connectivity index (χ0n) is 34.7. The number of rotatable bonds is 13. The Morgan fingerprint density at radius 2 is 1.49 bits per heavy atom. The Balaban J connectivity index is 1.47. The molecule has 0 saturated carbocycles. The van der Waals surface area contributed by atoms with Crippen LogP contribution in [0.2, 0.25) is 0 Å². The fourth-order valence-corrected chi connectivity index (χ4v) is 10.8. The molecule has 2 heterocycles. The largest absolute Gasteiger partial charge is 0.416 e. The molecule has 3 atom stereocenters. The van der Waals surface area contributed by atoms with Gasteiger partial charge in [-0.25, -0.2) is 8.42 Å². The molecule has 1 radical (unpaired) electrons. The molecule has 2 fully saturated rings. The van der Waals surface area contributed by atoms with Crippen molar-refractivity contribution in [2.75, 3.05) is 72.4 Å². The zero-order valence-corrected chi connectivity index (χ0v) is 36.5. The van der Waals surface area contributed by atoms with Gasteiger partial charge in [0.2, 0.25) is 0 Å². The van der Waals surface area contributed by atoms with Crippen molar-refractivity contribution in [3.63, 3.8) is 0 Å². The molecule has 59 heavy (non-hydrogen) atoms. The van der Waals surface area contributed by atoms with Crippen molar-refractivity contribution in [2.45, 2.75) is 62.4 Å². The number of piperazine rings is 1. The first-order chi connectivity index (χ1) is 27.9. The molecule has 14 heteroatoms. The highest BCUT2D eigenvalue weighted by molar-refractivity contribution is 7.90. The third-order valence-electron chi connectivity index (χ3n) is 11.0. The lowest BCUT2D eigenvalue weighted by Gasteiger charge is -2.46. The molecule has 6 rings (SSSR count). The average molecular weight is 851 g/mol. The second-order valence-electron chi connectivity index (χ2n) is 16.6. The van der Waals surface area contributed by atoms with E-state index >= 15 is 0 Å². The summed E-state index contributed by atoms with van der Waals surface area (Å²) < 4.78 is 87.0. The highest BCUT2D eigenvalue weighted by atomic mass is 32.2. The molecule has 1 amide bonds. The van der Waals surface area contributed by atoms with E-state index in [0.717, 1.165) is 65.1 Å². The quantitative estimate of drug-likeness (QED) is 0.157. The summed E-state index contributed by atoms with van der Waals surface area (Å²) in [6.07, 6.45) is -4.80. The standard InChI is InChI=1S/C45H55F3N3O6SSi/c1-32-17-18-33(27-40(32)44(2,3)4)42(57-59(38-13-9-7-10-14-38)39-15-11-8-12-16-39)41-30-49(19-20-50-23-24-56-36(29-50)31-55-5)21-22-51(41)43(52)34-25-35(45(46,47)48)28-37(26-34)58(6,53)54/h7-18,25-28,36,41-42H,19-24,29-31H2,1-6H3/t36-,41+,42?/m0/s1. The van der Waals surface area contributed by atoms with Gasteiger partial charge in [-0.1, -0.05) is 99.6 Å². The third kappa shape index (κ3) is 11.3. The molecular formula is C45H55F3N3O6SSi. The summed E-state index contributed by atoms with van der Waals surface area (Å²) in [5, 5.41) is 1.99. The van der Waals surface area contributed by atoms with E-state index in [0.29, 0.717) is 38.9 Å². The normalized spacial score (nSPS) is 19.3. The predicted molar refractivity (Wildman–Crippen MR) is 225 cm³/mol. The van der Waals surface area contributed by atoms with Crippen LogP contribution < -0.4 is 10.4 Å². The van der Waals surface area contributed by atoms with Crippen molar-refractivity contribution in [2.24, 2.45) is 0 Å². The first kappa shape index (κ1) is 44.7. The summed E-state index contributed by atoms with van der Waals surface area (Å²) in [7, 11) is -4.44. The molecule has 1 unspecified atom stereocenters. The van der Waals surface area contributed by atoms with Crippen LogP contribution in [-0.2, 0) is 35.3 Å². The number of amides is 1. The maximum atomic E-state index is 14.9. The van der Waals surface area contributed by atoms with Gasteiger partial charge in [-0.3, -0.25) is 14.6 Å². The van der Waals surface area contributed by atoms with Crippen molar-refractivity contribution >= 4 is 35.2 Å². The van der Waals surface area contributed by atoms with Crippen molar-refractivity contribution in [1.82, 2.24) is 14.7 Å². The lowest BCUT2D eigenvalue weighted by atomic mass is 9.82. The van der Waals surface area contributed by atoms with Gasteiger partial charge in [-0.2, -0.15) is 13.2 Å². The number of ether oxygens (including phenoxy) is 2. The SMILES string of the molecule is COC[C@@H]1CN(CCN2CCN(C(=O)c3cc(C(F)(F)F)cc(S(C)(=O)=O)c3)[C@@H](C(O[Si](c3ccccc3)c3ccccc3)c3ccc(C)c(C(C)(C)C)c3)C2)CCO1. The molecule has 0 spiro atoms. The fourth-order valence-electron chi connectivity index (χ4n) is 8.01. The maximum absolute atomic E-state index is 14.9. The lowest BCUT2D eigenvalue weighted by molar-refractivity contribution is -0.137. The molecule has 0 bridgehead atoms. The second kappa shape index (κ2) is 18.8. The number of hydrogen-bond acceptors (Lipinski definition) is 8. The van der Waals surface area contributed by atoms with E-state index in [2.05, 4.69) is 49.6 Å². The van der Waals surface area contributed by atoms with Crippen molar-refractivity contribution < 1.29 is 40.3 Å². The Morgan fingerprint density at radius 1 is 0.864 bits per heavy atom. The molecule has 4 aromatic rings. The van der Waals surface area contributed by atoms with Gasteiger partial charge < -0.3 is 18.8 Å². The van der Waals surface area contributed by atoms with Crippen LogP contribution in [0, 0.1) is 6.92 Å². The van der Waals surface area contributed by atoms with Crippen LogP contribution in [-0.4, -0.2) is 123 Å². The van der Waals surface area contributed by atoms with Crippen molar-refractivity contribution in [3.05, 3.63) is 125 Å². The number of methoxy groups -OCH3 is 1. The highest BCUT2D eigenvalue weighted by Crippen LogP contribution is 2.36. The number of hydrogen-bond donors (Lipinski definition) is 0. The Labute approximate surface area is 348 Å². The molecule has 2 aliphatic heterocycles.